The molecule has 1 heterocycles. The zero-order valence-corrected chi connectivity index (χ0v) is 10.9. The van der Waals surface area contributed by atoms with Crippen LogP contribution in [0.3, 0.4) is 0 Å². The van der Waals surface area contributed by atoms with Crippen LogP contribution in [0.4, 0.5) is 0 Å². The van der Waals surface area contributed by atoms with Crippen LogP contribution in [0.2, 0.25) is 0 Å². The number of nitrogens with two attached hydrogens (primary N) is 1. The van der Waals surface area contributed by atoms with Gasteiger partial charge in [0.25, 0.3) is 0 Å². The van der Waals surface area contributed by atoms with Crippen LogP contribution in [-0.4, -0.2) is 24.3 Å². The van der Waals surface area contributed by atoms with Crippen molar-refractivity contribution in [2.24, 2.45) is 5.73 Å². The summed E-state index contributed by atoms with van der Waals surface area (Å²) < 4.78 is 0. The monoisotopic (exact) mass is 242 g/mol. The first-order valence-electron chi connectivity index (χ1n) is 5.80. The van der Waals surface area contributed by atoms with Crippen molar-refractivity contribution < 1.29 is 5.11 Å². The van der Waals surface area contributed by atoms with E-state index < -0.39 is 0 Å². The van der Waals surface area contributed by atoms with Crippen molar-refractivity contribution in [3.05, 3.63) is 21.9 Å². The maximum absolute atomic E-state index is 8.78. The van der Waals surface area contributed by atoms with E-state index in [-0.39, 0.29) is 12.6 Å². The molecule has 1 rings (SSSR count). The molecular weight excluding hydrogens is 220 g/mol. The van der Waals surface area contributed by atoms with E-state index in [0.717, 1.165) is 12.8 Å². The fourth-order valence-electron chi connectivity index (χ4n) is 1.82. The van der Waals surface area contributed by atoms with Crippen LogP contribution in [0.1, 0.15) is 36.2 Å². The minimum absolute atomic E-state index is 0.244. The largest absolute Gasteiger partial charge is 0.396 e. The molecule has 0 saturated heterocycles. The first-order chi connectivity index (χ1) is 7.69. The zero-order chi connectivity index (χ0) is 12.0. The lowest BCUT2D eigenvalue weighted by Gasteiger charge is -2.22. The lowest BCUT2D eigenvalue weighted by molar-refractivity contribution is 0.274. The Kier molecular flexibility index (Phi) is 5.98. The summed E-state index contributed by atoms with van der Waals surface area (Å²) in [5.41, 5.74) is 7.11. The summed E-state index contributed by atoms with van der Waals surface area (Å²) in [6, 6.07) is 2.76. The molecule has 1 aromatic rings. The quantitative estimate of drug-likeness (QED) is 0.683. The number of hydrogen-bond donors (Lipinski definition) is 3. The highest BCUT2D eigenvalue weighted by atomic mass is 32.1. The molecule has 0 spiro atoms. The molecule has 0 aliphatic carbocycles. The molecule has 0 aliphatic heterocycles. The summed E-state index contributed by atoms with van der Waals surface area (Å²) in [7, 11) is 0. The predicted molar refractivity (Wildman–Crippen MR) is 69.8 cm³/mol. The third kappa shape index (κ3) is 3.87. The summed E-state index contributed by atoms with van der Waals surface area (Å²) in [5.74, 6) is 0. The van der Waals surface area contributed by atoms with Crippen molar-refractivity contribution >= 4 is 11.3 Å². The molecule has 0 amide bonds. The van der Waals surface area contributed by atoms with Gasteiger partial charge in [0.05, 0.1) is 6.04 Å². The van der Waals surface area contributed by atoms with Gasteiger partial charge in [0, 0.05) is 24.1 Å². The summed E-state index contributed by atoms with van der Waals surface area (Å²) in [6.07, 6.45) is 1.83. The summed E-state index contributed by atoms with van der Waals surface area (Å²) in [6.45, 7) is 5.14. The highest BCUT2D eigenvalue weighted by Gasteiger charge is 2.15. The second-order valence-corrected chi connectivity index (χ2v) is 5.14. The Morgan fingerprint density at radius 2 is 2.31 bits per heavy atom. The number of aryl methyl sites for hydroxylation is 1. The van der Waals surface area contributed by atoms with Crippen molar-refractivity contribution in [2.45, 2.75) is 38.8 Å². The van der Waals surface area contributed by atoms with E-state index in [0.29, 0.717) is 12.6 Å². The smallest absolute Gasteiger partial charge is 0.0543 e. The van der Waals surface area contributed by atoms with Gasteiger partial charge in [-0.1, -0.05) is 0 Å². The van der Waals surface area contributed by atoms with Crippen LogP contribution in [0.25, 0.3) is 0 Å². The van der Waals surface area contributed by atoms with Crippen LogP contribution in [-0.2, 0) is 0 Å². The number of thiophene rings is 1. The molecule has 16 heavy (non-hydrogen) atoms. The number of aliphatic hydroxyl groups is 1. The van der Waals surface area contributed by atoms with E-state index in [1.807, 2.05) is 0 Å². The Morgan fingerprint density at radius 3 is 2.81 bits per heavy atom. The lowest BCUT2D eigenvalue weighted by atomic mass is 10.1. The maximum Gasteiger partial charge on any atom is 0.0543 e. The third-order valence-corrected chi connectivity index (χ3v) is 3.87. The molecule has 0 bridgehead atoms. The number of nitrogens with one attached hydrogen (secondary N) is 1. The normalized spacial score (nSPS) is 15.0. The standard InChI is InChI=1S/C12H22N2OS/c1-9-5-7-16-12(9)11(8-13)14-10(2)4-3-6-15/h5,7,10-11,14-15H,3-4,6,8,13H2,1-2H3. The second-order valence-electron chi connectivity index (χ2n) is 4.19. The minimum Gasteiger partial charge on any atom is -0.396 e. The van der Waals surface area contributed by atoms with Crippen LogP contribution in [0.15, 0.2) is 11.4 Å². The van der Waals surface area contributed by atoms with Gasteiger partial charge in [0.2, 0.25) is 0 Å². The number of rotatable bonds is 7. The molecular formula is C12H22N2OS. The topological polar surface area (TPSA) is 58.3 Å². The van der Waals surface area contributed by atoms with Crippen LogP contribution in [0.5, 0.6) is 0 Å². The summed E-state index contributed by atoms with van der Waals surface area (Å²) in [5, 5.41) is 14.4. The van der Waals surface area contributed by atoms with E-state index in [4.69, 9.17) is 10.8 Å². The van der Waals surface area contributed by atoms with E-state index >= 15 is 0 Å². The molecule has 0 aliphatic rings. The number of aliphatic hydroxyl groups excluding tert-OH is 1. The molecule has 92 valence electrons. The molecule has 0 aromatic carbocycles. The summed E-state index contributed by atoms with van der Waals surface area (Å²) in [4.78, 5) is 1.33. The SMILES string of the molecule is Cc1ccsc1C(CN)NC(C)CCCO. The highest BCUT2D eigenvalue weighted by Crippen LogP contribution is 2.23. The first-order valence-corrected chi connectivity index (χ1v) is 6.68. The molecule has 4 N–H and O–H groups in total. The van der Waals surface area contributed by atoms with Gasteiger partial charge in [-0.2, -0.15) is 0 Å². The molecule has 2 atom stereocenters. The van der Waals surface area contributed by atoms with Crippen LogP contribution >= 0.6 is 11.3 Å². The Balaban J connectivity index is 2.52. The van der Waals surface area contributed by atoms with Gasteiger partial charge in [-0.25, -0.2) is 0 Å². The zero-order valence-electron chi connectivity index (χ0n) is 10.1. The van der Waals surface area contributed by atoms with E-state index in [1.54, 1.807) is 11.3 Å². The fraction of sp³-hybridized carbons (Fsp3) is 0.667. The van der Waals surface area contributed by atoms with Gasteiger partial charge >= 0.3 is 0 Å². The van der Waals surface area contributed by atoms with Gasteiger partial charge in [0.1, 0.15) is 0 Å². The van der Waals surface area contributed by atoms with E-state index in [1.165, 1.54) is 10.4 Å². The minimum atomic E-state index is 0.244. The average Bonchev–Trinajstić information content (AvgIpc) is 2.69. The maximum atomic E-state index is 8.78. The van der Waals surface area contributed by atoms with Crippen molar-refractivity contribution in [1.29, 1.82) is 0 Å². The van der Waals surface area contributed by atoms with Crippen molar-refractivity contribution in [1.82, 2.24) is 5.32 Å². The van der Waals surface area contributed by atoms with Crippen LogP contribution < -0.4 is 11.1 Å². The number of hydrogen-bond acceptors (Lipinski definition) is 4. The lowest BCUT2D eigenvalue weighted by Crippen LogP contribution is -2.35. The Labute approximate surface area is 102 Å². The molecule has 0 saturated carbocycles. The van der Waals surface area contributed by atoms with Gasteiger partial charge < -0.3 is 16.2 Å². The molecule has 0 fully saturated rings. The molecule has 3 nitrogen and oxygen atoms in total. The van der Waals surface area contributed by atoms with Gasteiger partial charge in [0.15, 0.2) is 0 Å². The highest BCUT2D eigenvalue weighted by molar-refractivity contribution is 7.10. The van der Waals surface area contributed by atoms with Crippen molar-refractivity contribution in [2.75, 3.05) is 13.2 Å². The van der Waals surface area contributed by atoms with Gasteiger partial charge in [-0.3, -0.25) is 0 Å². The summed E-state index contributed by atoms with van der Waals surface area (Å²) >= 11 is 1.76. The fourth-order valence-corrected chi connectivity index (χ4v) is 2.82. The second kappa shape index (κ2) is 7.01. The van der Waals surface area contributed by atoms with Gasteiger partial charge in [-0.15, -0.1) is 11.3 Å². The van der Waals surface area contributed by atoms with Crippen molar-refractivity contribution in [3.63, 3.8) is 0 Å². The molecule has 0 radical (unpaired) electrons. The average molecular weight is 242 g/mol. The third-order valence-electron chi connectivity index (χ3n) is 2.73. The Bertz CT molecular complexity index is 301. The molecule has 2 unspecified atom stereocenters. The predicted octanol–water partition coefficient (Wildman–Crippen LogP) is 1.81. The van der Waals surface area contributed by atoms with Gasteiger partial charge in [-0.05, 0) is 43.7 Å². The first kappa shape index (κ1) is 13.6. The molecule has 4 heteroatoms. The van der Waals surface area contributed by atoms with Crippen LogP contribution in [0, 0.1) is 6.92 Å². The molecule has 1 aromatic heterocycles. The van der Waals surface area contributed by atoms with Crippen molar-refractivity contribution in [3.8, 4) is 0 Å². The van der Waals surface area contributed by atoms with E-state index in [2.05, 4.69) is 30.6 Å². The van der Waals surface area contributed by atoms with E-state index in [9.17, 15) is 0 Å². The Morgan fingerprint density at radius 1 is 1.56 bits per heavy atom. The Hall–Kier alpha value is -0.420.